The summed E-state index contributed by atoms with van der Waals surface area (Å²) in [7, 11) is 0. The number of carbonyl (C=O) groups excluding carboxylic acids is 3. The van der Waals surface area contributed by atoms with Crippen LogP contribution in [0.1, 0.15) is 87.1 Å². The molecule has 0 aliphatic carbocycles. The van der Waals surface area contributed by atoms with Crippen LogP contribution in [0.5, 0.6) is 0 Å². The highest BCUT2D eigenvalue weighted by molar-refractivity contribution is 5.80. The standard InChI is InChI=1S/C13H25NO4.C11H20N2O4/c1-11(2,3)18-10(15)14-9(12(4,5)16)8-17-13(14,6)7;1-10(2,3)17-9(15)13-7(8(12)14)6-16-11(13,4)5/h9,16H,8H2,1-7H3;7H,6H2,1-5H3,(H2,12,14)/p+1/t9-;7-/m11/s1/i4D3;/hD3/t9-,12-;. The molecule has 0 unspecified atom stereocenters. The monoisotopic (exact) mass is 510 g/mol. The van der Waals surface area contributed by atoms with Gasteiger partial charge in [-0.05, 0) is 83.0 Å². The van der Waals surface area contributed by atoms with Crippen molar-refractivity contribution < 1.29 is 52.5 Å². The molecule has 11 nitrogen and oxygen atoms in total. The second-order valence-electron chi connectivity index (χ2n) is 11.7. The van der Waals surface area contributed by atoms with E-state index in [-0.39, 0.29) is 13.2 Å². The second kappa shape index (κ2) is 10.2. The summed E-state index contributed by atoms with van der Waals surface area (Å²) in [5, 5.41) is 10.4. The van der Waals surface area contributed by atoms with Crippen molar-refractivity contribution in [3.05, 3.63) is 0 Å². The lowest BCUT2D eigenvalue weighted by molar-refractivity contribution is -0.310. The van der Waals surface area contributed by atoms with Crippen LogP contribution >= 0.6 is 0 Å². The van der Waals surface area contributed by atoms with Gasteiger partial charge >= 0.3 is 22.3 Å². The van der Waals surface area contributed by atoms with Gasteiger partial charge in [0.1, 0.15) is 22.7 Å². The Morgan fingerprint density at radius 1 is 0.914 bits per heavy atom. The Kier molecular flexibility index (Phi) is 6.49. The van der Waals surface area contributed by atoms with E-state index in [2.05, 4.69) is 0 Å². The van der Waals surface area contributed by atoms with E-state index >= 15 is 0 Å². The third-order valence-electron chi connectivity index (χ3n) is 5.09. The van der Waals surface area contributed by atoms with Crippen LogP contribution in [0.3, 0.4) is 0 Å². The molecular weight excluding hydrogens is 458 g/mol. The molecule has 2 fully saturated rings. The summed E-state index contributed by atoms with van der Waals surface area (Å²) in [6.07, 6.45) is -1.48. The summed E-state index contributed by atoms with van der Waals surface area (Å²) in [4.78, 5) is 38.7. The Morgan fingerprint density at radius 3 is 1.77 bits per heavy atom. The zero-order valence-electron chi connectivity index (χ0n) is 28.7. The van der Waals surface area contributed by atoms with Crippen LogP contribution in [0, 0.1) is 0 Å². The summed E-state index contributed by atoms with van der Waals surface area (Å²) in [6, 6.07) is -2.21. The number of hydrogen-bond acceptors (Lipinski definition) is 8. The lowest BCUT2D eigenvalue weighted by Gasteiger charge is -2.38. The first-order chi connectivity index (χ1) is 17.9. The normalized spacial score (nSPS) is 28.6. The van der Waals surface area contributed by atoms with Crippen LogP contribution in [0.4, 0.5) is 9.59 Å². The van der Waals surface area contributed by atoms with Gasteiger partial charge in [0.2, 0.25) is 0 Å². The van der Waals surface area contributed by atoms with Crippen LogP contribution in [0.15, 0.2) is 0 Å². The molecule has 2 aliphatic rings. The molecule has 0 aromatic heterocycles. The van der Waals surface area contributed by atoms with Crippen molar-refractivity contribution in [1.82, 2.24) is 9.80 Å². The Labute approximate surface area is 217 Å². The molecule has 2 rings (SSSR count). The first kappa shape index (κ1) is 22.3. The third kappa shape index (κ3) is 8.59. The van der Waals surface area contributed by atoms with Crippen molar-refractivity contribution in [3.63, 3.8) is 0 Å². The van der Waals surface area contributed by atoms with Gasteiger partial charge in [0, 0.05) is 4.11 Å². The van der Waals surface area contributed by atoms with E-state index in [0.29, 0.717) is 0 Å². The van der Waals surface area contributed by atoms with Crippen molar-refractivity contribution >= 4 is 18.1 Å². The number of aliphatic hydroxyl groups is 1. The number of amides is 3. The van der Waals surface area contributed by atoms with E-state index in [1.54, 1.807) is 69.2 Å². The molecule has 3 amide bonds. The van der Waals surface area contributed by atoms with Crippen LogP contribution in [0.25, 0.3) is 0 Å². The highest BCUT2D eigenvalue weighted by Gasteiger charge is 2.51. The summed E-state index contributed by atoms with van der Waals surface area (Å²) >= 11 is 0. The number of carbonyl (C=O) groups is 3. The SMILES string of the molecule is [2H]C([2H])([2H])[C@](C)(O)[C@H]1COC(C)(C)N1C(=O)OC(C)(C)C.[2H][N+]([2H])([2H])C(=O)[C@H]1COC(C)(C)N1C(=O)OC(C)(C)C. The fourth-order valence-electron chi connectivity index (χ4n) is 3.52. The molecule has 4 N–H and O–H groups in total. The maximum Gasteiger partial charge on any atom is 0.413 e. The molecule has 204 valence electrons. The predicted molar refractivity (Wildman–Crippen MR) is 128 cm³/mol. The summed E-state index contributed by atoms with van der Waals surface area (Å²) in [6.45, 7) is 14.9. The maximum absolute atomic E-state index is 12.4. The summed E-state index contributed by atoms with van der Waals surface area (Å²) in [5.41, 5.74) is -7.86. The Morgan fingerprint density at radius 2 is 1.34 bits per heavy atom. The Balaban J connectivity index is 0.000000410. The van der Waals surface area contributed by atoms with E-state index in [0.717, 1.165) is 4.90 Å². The zero-order chi connectivity index (χ0) is 32.8. The van der Waals surface area contributed by atoms with Gasteiger partial charge in [0.25, 0.3) is 0 Å². The number of ether oxygens (including phenoxy) is 4. The van der Waals surface area contributed by atoms with E-state index in [9.17, 15) is 19.5 Å². The van der Waals surface area contributed by atoms with Crippen molar-refractivity contribution in [2.24, 2.45) is 0 Å². The van der Waals surface area contributed by atoms with Crippen molar-refractivity contribution in [1.29, 1.82) is 0 Å². The number of hydrogen-bond donors (Lipinski definition) is 2. The van der Waals surface area contributed by atoms with Gasteiger partial charge in [-0.2, -0.15) is 0 Å². The fraction of sp³-hybridized carbons (Fsp3) is 0.875. The number of quaternary nitrogens is 1. The molecule has 0 radical (unpaired) electrons. The molecule has 0 spiro atoms. The second-order valence-corrected chi connectivity index (χ2v) is 11.7. The largest absolute Gasteiger partial charge is 0.444 e. The topological polar surface area (TPSA) is 142 Å². The van der Waals surface area contributed by atoms with Gasteiger partial charge < -0.3 is 24.1 Å². The zero-order valence-corrected chi connectivity index (χ0v) is 22.7. The first-order valence-corrected chi connectivity index (χ1v) is 11.4. The number of rotatable bonds is 2. The van der Waals surface area contributed by atoms with E-state index < -0.39 is 71.0 Å². The minimum atomic E-state index is -2.65. The van der Waals surface area contributed by atoms with Crippen LogP contribution in [-0.2, 0) is 23.7 Å². The van der Waals surface area contributed by atoms with Crippen molar-refractivity contribution in [2.75, 3.05) is 13.2 Å². The highest BCUT2D eigenvalue weighted by Crippen LogP contribution is 2.34. The average molecular weight is 511 g/mol. The van der Waals surface area contributed by atoms with E-state index in [4.69, 9.17) is 27.3 Å². The van der Waals surface area contributed by atoms with Gasteiger partial charge in [-0.1, -0.05) is 0 Å². The van der Waals surface area contributed by atoms with Gasteiger partial charge in [-0.25, -0.2) is 14.4 Å². The first-order valence-electron chi connectivity index (χ1n) is 14.3. The van der Waals surface area contributed by atoms with Crippen LogP contribution in [0.2, 0.25) is 4.24 Å². The van der Waals surface area contributed by atoms with Crippen LogP contribution < -0.4 is 5.71 Å². The highest BCUT2D eigenvalue weighted by atomic mass is 16.6. The fourth-order valence-corrected chi connectivity index (χ4v) is 3.52. The van der Waals surface area contributed by atoms with Gasteiger partial charge in [0.15, 0.2) is 6.04 Å². The van der Waals surface area contributed by atoms with Crippen LogP contribution in [-0.4, -0.2) is 86.6 Å². The predicted octanol–water partition coefficient (Wildman–Crippen LogP) is 2.26. The molecule has 11 heteroatoms. The lowest BCUT2D eigenvalue weighted by atomic mass is 9.98. The molecule has 0 aromatic rings. The average Bonchev–Trinajstić information content (AvgIpc) is 3.18. The molecule has 0 aromatic carbocycles. The molecule has 2 heterocycles. The molecule has 2 aliphatic heterocycles. The Hall–Kier alpha value is -1.95. The number of nitrogens with zero attached hydrogens (tertiary/aromatic N) is 2. The molecule has 0 saturated carbocycles. The molecule has 35 heavy (non-hydrogen) atoms. The summed E-state index contributed by atoms with van der Waals surface area (Å²) in [5.74, 6) is -1.08. The molecule has 0 bridgehead atoms. The summed E-state index contributed by atoms with van der Waals surface area (Å²) < 4.78 is 65.2. The smallest absolute Gasteiger partial charge is 0.413 e. The van der Waals surface area contributed by atoms with Gasteiger partial charge in [0.05, 0.1) is 24.9 Å². The van der Waals surface area contributed by atoms with Gasteiger partial charge in [-0.3, -0.25) is 15.5 Å². The lowest BCUT2D eigenvalue weighted by Crippen LogP contribution is -2.67. The van der Waals surface area contributed by atoms with E-state index in [1.165, 1.54) is 11.8 Å². The van der Waals surface area contributed by atoms with Gasteiger partial charge in [-0.15, -0.1) is 0 Å². The quantitative estimate of drug-likeness (QED) is 0.576. The van der Waals surface area contributed by atoms with E-state index in [1.807, 2.05) is 0 Å². The third-order valence-corrected chi connectivity index (χ3v) is 5.09. The minimum Gasteiger partial charge on any atom is -0.444 e. The molecular formula is C24H46N3O8+. The van der Waals surface area contributed by atoms with Crippen molar-refractivity contribution in [2.45, 2.75) is 123 Å². The maximum atomic E-state index is 12.4. The van der Waals surface area contributed by atoms with Crippen molar-refractivity contribution in [3.8, 4) is 0 Å². The molecule has 2 saturated heterocycles. The minimum absolute atomic E-state index is 0.0718. The Bertz CT molecular complexity index is 984. The molecule has 3 atom stereocenters.